The van der Waals surface area contributed by atoms with Gasteiger partial charge in [-0.25, -0.2) is 0 Å². The van der Waals surface area contributed by atoms with Crippen LogP contribution in [0.3, 0.4) is 0 Å². The molecule has 0 fully saturated rings. The Hall–Kier alpha value is -1.55. The molecule has 4 heteroatoms. The Morgan fingerprint density at radius 1 is 1.33 bits per heavy atom. The van der Waals surface area contributed by atoms with Crippen LogP contribution in [-0.2, 0) is 4.79 Å². The summed E-state index contributed by atoms with van der Waals surface area (Å²) in [4.78, 5) is 10.7. The number of aliphatic carboxylic acids is 1. The second kappa shape index (κ2) is 6.03. The number of aliphatic hydroxyl groups excluding tert-OH is 1. The molecule has 82 valence electrons. The molecule has 0 aliphatic carbocycles. The van der Waals surface area contributed by atoms with E-state index < -0.39 is 11.9 Å². The maximum Gasteiger partial charge on any atom is 0.310 e. The monoisotopic (exact) mass is 210 g/mol. The summed E-state index contributed by atoms with van der Waals surface area (Å²) >= 11 is 0. The van der Waals surface area contributed by atoms with E-state index in [0.717, 1.165) is 0 Å². The summed E-state index contributed by atoms with van der Waals surface area (Å²) in [6, 6.07) is 9.01. The maximum absolute atomic E-state index is 10.7. The van der Waals surface area contributed by atoms with Gasteiger partial charge in [-0.05, 0) is 18.6 Å². The minimum atomic E-state index is -0.944. The predicted octanol–water partition coefficient (Wildman–Crippen LogP) is 1.15. The van der Waals surface area contributed by atoms with E-state index in [0.29, 0.717) is 5.75 Å². The number of carboxylic acid groups (broad SMARTS) is 1. The topological polar surface area (TPSA) is 66.8 Å². The van der Waals surface area contributed by atoms with Gasteiger partial charge in [-0.2, -0.15) is 0 Å². The molecule has 0 bridgehead atoms. The van der Waals surface area contributed by atoms with E-state index in [-0.39, 0.29) is 19.6 Å². The van der Waals surface area contributed by atoms with Crippen molar-refractivity contribution >= 4 is 5.97 Å². The van der Waals surface area contributed by atoms with Crippen LogP contribution >= 0.6 is 0 Å². The molecule has 1 aromatic rings. The van der Waals surface area contributed by atoms with Crippen molar-refractivity contribution in [3.63, 3.8) is 0 Å². The molecule has 0 aromatic heterocycles. The third-order valence-electron chi connectivity index (χ3n) is 2.02. The molecule has 1 unspecified atom stereocenters. The van der Waals surface area contributed by atoms with Gasteiger partial charge in [0.2, 0.25) is 0 Å². The Morgan fingerprint density at radius 3 is 2.53 bits per heavy atom. The first-order valence-electron chi connectivity index (χ1n) is 4.75. The lowest BCUT2D eigenvalue weighted by molar-refractivity contribution is -0.143. The number of carbonyl (C=O) groups is 1. The van der Waals surface area contributed by atoms with Gasteiger partial charge in [0.25, 0.3) is 0 Å². The fraction of sp³-hybridized carbons (Fsp3) is 0.364. The van der Waals surface area contributed by atoms with Crippen molar-refractivity contribution in [3.05, 3.63) is 30.3 Å². The summed E-state index contributed by atoms with van der Waals surface area (Å²) in [5.41, 5.74) is 0. The van der Waals surface area contributed by atoms with Crippen LogP contribution in [0.2, 0.25) is 0 Å². The molecule has 1 aromatic carbocycles. The molecular formula is C11H14O4. The van der Waals surface area contributed by atoms with Crippen LogP contribution in [0.5, 0.6) is 5.75 Å². The summed E-state index contributed by atoms with van der Waals surface area (Å²) in [6.45, 7) is -0.0605. The number of aliphatic hydroxyl groups is 1. The van der Waals surface area contributed by atoms with Crippen LogP contribution in [0.15, 0.2) is 30.3 Å². The summed E-state index contributed by atoms with van der Waals surface area (Å²) in [5.74, 6) is -0.961. The molecule has 0 aliphatic heterocycles. The van der Waals surface area contributed by atoms with Crippen molar-refractivity contribution in [2.45, 2.75) is 6.42 Å². The third-order valence-corrected chi connectivity index (χ3v) is 2.02. The van der Waals surface area contributed by atoms with Gasteiger partial charge >= 0.3 is 5.97 Å². The molecule has 1 rings (SSSR count). The minimum absolute atomic E-state index is 0.0832. The second-order valence-corrected chi connectivity index (χ2v) is 3.17. The van der Waals surface area contributed by atoms with Crippen LogP contribution < -0.4 is 4.74 Å². The summed E-state index contributed by atoms with van der Waals surface area (Å²) in [7, 11) is 0. The number of rotatable bonds is 6. The third kappa shape index (κ3) is 3.99. The van der Waals surface area contributed by atoms with Crippen molar-refractivity contribution in [1.29, 1.82) is 0 Å². The molecule has 15 heavy (non-hydrogen) atoms. The van der Waals surface area contributed by atoms with Crippen molar-refractivity contribution in [1.82, 2.24) is 0 Å². The normalized spacial score (nSPS) is 12.1. The summed E-state index contributed by atoms with van der Waals surface area (Å²) < 4.78 is 5.29. The van der Waals surface area contributed by atoms with Gasteiger partial charge in [-0.15, -0.1) is 0 Å². The fourth-order valence-electron chi connectivity index (χ4n) is 1.15. The Balaban J connectivity index is 2.43. The lowest BCUT2D eigenvalue weighted by atomic mass is 10.1. The van der Waals surface area contributed by atoms with Gasteiger partial charge in [0, 0.05) is 6.61 Å². The highest BCUT2D eigenvalue weighted by atomic mass is 16.5. The van der Waals surface area contributed by atoms with Crippen molar-refractivity contribution < 1.29 is 19.7 Å². The Kier molecular flexibility index (Phi) is 4.63. The molecule has 2 N–H and O–H groups in total. The highest BCUT2D eigenvalue weighted by Crippen LogP contribution is 2.11. The Morgan fingerprint density at radius 2 is 2.00 bits per heavy atom. The fourth-order valence-corrected chi connectivity index (χ4v) is 1.15. The molecule has 0 amide bonds. The highest BCUT2D eigenvalue weighted by Gasteiger charge is 2.17. The summed E-state index contributed by atoms with van der Waals surface area (Å²) in [6.07, 6.45) is 0.210. The molecule has 0 saturated carbocycles. The molecular weight excluding hydrogens is 196 g/mol. The van der Waals surface area contributed by atoms with Gasteiger partial charge < -0.3 is 14.9 Å². The van der Waals surface area contributed by atoms with Crippen LogP contribution in [0.25, 0.3) is 0 Å². The van der Waals surface area contributed by atoms with Gasteiger partial charge in [0.1, 0.15) is 12.4 Å². The molecule has 0 aliphatic rings. The van der Waals surface area contributed by atoms with E-state index in [4.69, 9.17) is 14.9 Å². The van der Waals surface area contributed by atoms with Gasteiger partial charge in [0.05, 0.1) is 5.92 Å². The van der Waals surface area contributed by atoms with Crippen molar-refractivity contribution in [3.8, 4) is 5.75 Å². The molecule has 0 spiro atoms. The van der Waals surface area contributed by atoms with E-state index >= 15 is 0 Å². The van der Waals surface area contributed by atoms with Crippen molar-refractivity contribution in [2.75, 3.05) is 13.2 Å². The maximum atomic E-state index is 10.7. The average molecular weight is 210 g/mol. The quantitative estimate of drug-likeness (QED) is 0.739. The second-order valence-electron chi connectivity index (χ2n) is 3.17. The van der Waals surface area contributed by atoms with E-state index in [2.05, 4.69) is 0 Å². The Bertz CT molecular complexity index is 297. The molecule has 4 nitrogen and oxygen atoms in total. The van der Waals surface area contributed by atoms with E-state index in [9.17, 15) is 4.79 Å². The van der Waals surface area contributed by atoms with Crippen LogP contribution in [-0.4, -0.2) is 29.4 Å². The number of para-hydroxylation sites is 1. The predicted molar refractivity (Wildman–Crippen MR) is 54.8 cm³/mol. The zero-order chi connectivity index (χ0) is 11.1. The highest BCUT2D eigenvalue weighted by molar-refractivity contribution is 5.70. The number of carboxylic acids is 1. The minimum Gasteiger partial charge on any atom is -0.493 e. The first kappa shape index (κ1) is 11.5. The first-order valence-corrected chi connectivity index (χ1v) is 4.75. The zero-order valence-corrected chi connectivity index (χ0v) is 8.30. The first-order chi connectivity index (χ1) is 7.24. The standard InChI is InChI=1S/C11H14O4/c12-7-6-9(11(13)14)8-15-10-4-2-1-3-5-10/h1-5,9,12H,6-8H2,(H,13,14). The molecule has 0 saturated heterocycles. The van der Waals surface area contributed by atoms with Crippen LogP contribution in [0.1, 0.15) is 6.42 Å². The number of ether oxygens (including phenoxy) is 1. The zero-order valence-electron chi connectivity index (χ0n) is 8.30. The van der Waals surface area contributed by atoms with E-state index in [1.165, 1.54) is 0 Å². The van der Waals surface area contributed by atoms with Crippen LogP contribution in [0.4, 0.5) is 0 Å². The number of benzene rings is 1. The molecule has 0 heterocycles. The van der Waals surface area contributed by atoms with E-state index in [1.807, 2.05) is 18.2 Å². The number of hydrogen-bond acceptors (Lipinski definition) is 3. The summed E-state index contributed by atoms with van der Waals surface area (Å²) in [5, 5.41) is 17.5. The van der Waals surface area contributed by atoms with Gasteiger partial charge in [-0.1, -0.05) is 18.2 Å². The Labute approximate surface area is 88.1 Å². The van der Waals surface area contributed by atoms with Gasteiger partial charge in [-0.3, -0.25) is 4.79 Å². The van der Waals surface area contributed by atoms with E-state index in [1.54, 1.807) is 12.1 Å². The lowest BCUT2D eigenvalue weighted by Gasteiger charge is -2.12. The van der Waals surface area contributed by atoms with Crippen molar-refractivity contribution in [2.24, 2.45) is 5.92 Å². The SMILES string of the molecule is O=C(O)C(CCO)COc1ccccc1. The van der Waals surface area contributed by atoms with Crippen LogP contribution in [0, 0.1) is 5.92 Å². The molecule has 0 radical (unpaired) electrons. The lowest BCUT2D eigenvalue weighted by Crippen LogP contribution is -2.22. The smallest absolute Gasteiger partial charge is 0.310 e. The largest absolute Gasteiger partial charge is 0.493 e. The average Bonchev–Trinajstić information content (AvgIpc) is 2.25. The molecule has 1 atom stereocenters. The van der Waals surface area contributed by atoms with Gasteiger partial charge in [0.15, 0.2) is 0 Å². The number of hydrogen-bond donors (Lipinski definition) is 2.